The van der Waals surface area contributed by atoms with Crippen LogP contribution in [0.4, 0.5) is 4.39 Å². The molecule has 0 bridgehead atoms. The van der Waals surface area contributed by atoms with Crippen molar-refractivity contribution >= 4 is 11.9 Å². The summed E-state index contributed by atoms with van der Waals surface area (Å²) in [6, 6.07) is 15.9. The zero-order chi connectivity index (χ0) is 19.5. The predicted octanol–water partition coefficient (Wildman–Crippen LogP) is 3.73. The lowest BCUT2D eigenvalue weighted by molar-refractivity contribution is -0.151. The molecule has 1 aromatic heterocycles. The quantitative estimate of drug-likeness (QED) is 0.648. The molecule has 6 heteroatoms. The van der Waals surface area contributed by atoms with Gasteiger partial charge in [-0.15, -0.1) is 0 Å². The Bertz CT molecular complexity index is 982. The van der Waals surface area contributed by atoms with Crippen molar-refractivity contribution in [3.63, 3.8) is 0 Å². The predicted molar refractivity (Wildman–Crippen MR) is 98.7 cm³/mol. The van der Waals surface area contributed by atoms with Crippen LogP contribution in [0.5, 0.6) is 0 Å². The number of halogens is 1. The largest absolute Gasteiger partial charge is 0.459 e. The van der Waals surface area contributed by atoms with Gasteiger partial charge in [-0.25, -0.2) is 9.18 Å². The first-order valence-corrected chi connectivity index (χ1v) is 8.94. The van der Waals surface area contributed by atoms with Gasteiger partial charge in [0.1, 0.15) is 18.5 Å². The molecule has 3 aromatic rings. The molecule has 0 saturated carbocycles. The molecule has 0 fully saturated rings. The summed E-state index contributed by atoms with van der Waals surface area (Å²) in [5.41, 5.74) is 2.68. The van der Waals surface area contributed by atoms with E-state index < -0.39 is 12.0 Å². The molecule has 1 amide bonds. The summed E-state index contributed by atoms with van der Waals surface area (Å²) in [5.74, 6) is -1.04. The smallest absolute Gasteiger partial charge is 0.329 e. The summed E-state index contributed by atoms with van der Waals surface area (Å²) >= 11 is 0. The molecule has 0 aliphatic carbocycles. The van der Waals surface area contributed by atoms with Crippen molar-refractivity contribution in [3.8, 4) is 0 Å². The van der Waals surface area contributed by atoms with Crippen LogP contribution in [0.2, 0.25) is 0 Å². The van der Waals surface area contributed by atoms with E-state index in [9.17, 15) is 14.0 Å². The highest BCUT2D eigenvalue weighted by molar-refractivity contribution is 5.95. The Morgan fingerprint density at radius 3 is 2.50 bits per heavy atom. The Labute approximate surface area is 161 Å². The highest BCUT2D eigenvalue weighted by Gasteiger charge is 2.36. The number of furan rings is 1. The number of carbonyl (C=O) groups is 2. The maximum atomic E-state index is 13.0. The monoisotopic (exact) mass is 379 g/mol. The van der Waals surface area contributed by atoms with Crippen LogP contribution < -0.4 is 0 Å². The highest BCUT2D eigenvalue weighted by Crippen LogP contribution is 2.26. The number of hydrogen-bond donors (Lipinski definition) is 0. The van der Waals surface area contributed by atoms with Gasteiger partial charge in [-0.2, -0.15) is 0 Å². The lowest BCUT2D eigenvalue weighted by atomic mass is 9.93. The number of hydrogen-bond acceptors (Lipinski definition) is 4. The van der Waals surface area contributed by atoms with Crippen molar-refractivity contribution in [2.24, 2.45) is 0 Å². The van der Waals surface area contributed by atoms with Crippen molar-refractivity contribution in [2.45, 2.75) is 25.6 Å². The van der Waals surface area contributed by atoms with Gasteiger partial charge in [0.15, 0.2) is 5.76 Å². The Hall–Kier alpha value is -3.41. The van der Waals surface area contributed by atoms with E-state index in [1.54, 1.807) is 24.3 Å². The van der Waals surface area contributed by atoms with Crippen LogP contribution in [-0.4, -0.2) is 22.8 Å². The van der Waals surface area contributed by atoms with Crippen LogP contribution in [0.15, 0.2) is 71.3 Å². The molecule has 1 atom stereocenters. The molecule has 1 unspecified atom stereocenters. The number of esters is 1. The Morgan fingerprint density at radius 1 is 1.04 bits per heavy atom. The van der Waals surface area contributed by atoms with E-state index in [4.69, 9.17) is 9.15 Å². The third kappa shape index (κ3) is 3.67. The molecule has 2 heterocycles. The minimum absolute atomic E-state index is 0.0139. The van der Waals surface area contributed by atoms with E-state index in [0.29, 0.717) is 18.5 Å². The van der Waals surface area contributed by atoms with Gasteiger partial charge >= 0.3 is 5.97 Å². The topological polar surface area (TPSA) is 59.8 Å². The zero-order valence-corrected chi connectivity index (χ0v) is 15.0. The van der Waals surface area contributed by atoms with Gasteiger partial charge < -0.3 is 14.1 Å². The number of nitrogens with zero attached hydrogens (tertiary/aromatic N) is 1. The number of rotatable bonds is 4. The van der Waals surface area contributed by atoms with Gasteiger partial charge in [-0.3, -0.25) is 4.79 Å². The molecule has 1 aliphatic heterocycles. The molecule has 142 valence electrons. The number of amides is 1. The lowest BCUT2D eigenvalue weighted by Crippen LogP contribution is -2.49. The number of ether oxygens (including phenoxy) is 1. The van der Waals surface area contributed by atoms with Crippen LogP contribution in [0.1, 0.15) is 27.2 Å². The highest BCUT2D eigenvalue weighted by atomic mass is 19.1. The van der Waals surface area contributed by atoms with Gasteiger partial charge in [0.05, 0.1) is 6.26 Å². The molecule has 0 radical (unpaired) electrons. The van der Waals surface area contributed by atoms with Crippen molar-refractivity contribution in [2.75, 3.05) is 0 Å². The van der Waals surface area contributed by atoms with Gasteiger partial charge in [-0.1, -0.05) is 36.4 Å². The summed E-state index contributed by atoms with van der Waals surface area (Å²) in [7, 11) is 0. The van der Waals surface area contributed by atoms with Crippen molar-refractivity contribution in [1.29, 1.82) is 0 Å². The second-order valence-corrected chi connectivity index (χ2v) is 6.63. The molecule has 2 aromatic carbocycles. The Morgan fingerprint density at radius 2 is 1.79 bits per heavy atom. The van der Waals surface area contributed by atoms with Crippen molar-refractivity contribution < 1.29 is 23.1 Å². The van der Waals surface area contributed by atoms with E-state index in [0.717, 1.165) is 11.1 Å². The summed E-state index contributed by atoms with van der Waals surface area (Å²) < 4.78 is 23.7. The second kappa shape index (κ2) is 7.68. The van der Waals surface area contributed by atoms with Gasteiger partial charge in [-0.05, 0) is 41.0 Å². The minimum Gasteiger partial charge on any atom is -0.459 e. The average Bonchev–Trinajstić information content (AvgIpc) is 3.26. The molecular formula is C22H18FNO4. The first-order chi connectivity index (χ1) is 13.6. The van der Waals surface area contributed by atoms with E-state index in [2.05, 4.69) is 0 Å². The maximum absolute atomic E-state index is 13.0. The number of carbonyl (C=O) groups excluding carboxylic acids is 2. The van der Waals surface area contributed by atoms with E-state index in [1.807, 2.05) is 24.3 Å². The third-order valence-electron chi connectivity index (χ3n) is 4.81. The van der Waals surface area contributed by atoms with Gasteiger partial charge in [0.25, 0.3) is 5.91 Å². The molecular weight excluding hydrogens is 361 g/mol. The van der Waals surface area contributed by atoms with E-state index in [1.165, 1.54) is 23.3 Å². The maximum Gasteiger partial charge on any atom is 0.329 e. The number of fused-ring (bicyclic) bond motifs is 1. The van der Waals surface area contributed by atoms with Crippen LogP contribution in [0.25, 0.3) is 0 Å². The fourth-order valence-corrected chi connectivity index (χ4v) is 3.32. The molecule has 28 heavy (non-hydrogen) atoms. The first-order valence-electron chi connectivity index (χ1n) is 8.94. The summed E-state index contributed by atoms with van der Waals surface area (Å²) in [6.07, 6.45) is 1.79. The average molecular weight is 379 g/mol. The van der Waals surface area contributed by atoms with E-state index in [-0.39, 0.29) is 24.1 Å². The van der Waals surface area contributed by atoms with Crippen LogP contribution in [-0.2, 0) is 29.1 Å². The number of benzene rings is 2. The molecule has 0 spiro atoms. The SMILES string of the molecule is O=C(OCc1ccc(F)cc1)C1Cc2ccccc2CN1C(=O)c1ccco1. The van der Waals surface area contributed by atoms with Crippen LogP contribution in [0, 0.1) is 5.82 Å². The fourth-order valence-electron chi connectivity index (χ4n) is 3.32. The molecule has 1 aliphatic rings. The lowest BCUT2D eigenvalue weighted by Gasteiger charge is -2.34. The Kier molecular flexibility index (Phi) is 4.93. The summed E-state index contributed by atoms with van der Waals surface area (Å²) in [5, 5.41) is 0. The fraction of sp³-hybridized carbons (Fsp3) is 0.182. The summed E-state index contributed by atoms with van der Waals surface area (Å²) in [4.78, 5) is 27.2. The molecule has 0 saturated heterocycles. The standard InChI is InChI=1S/C22H18FNO4/c23-18-9-7-15(8-10-18)14-28-22(26)19-12-16-4-1-2-5-17(16)13-24(19)21(25)20-6-3-11-27-20/h1-11,19H,12-14H2. The van der Waals surface area contributed by atoms with Crippen LogP contribution in [0.3, 0.4) is 0 Å². The summed E-state index contributed by atoms with van der Waals surface area (Å²) in [6.45, 7) is 0.312. The zero-order valence-electron chi connectivity index (χ0n) is 15.0. The first kappa shape index (κ1) is 18.0. The molecule has 0 N–H and O–H groups in total. The molecule has 4 rings (SSSR count). The van der Waals surface area contributed by atoms with Crippen LogP contribution >= 0.6 is 0 Å². The van der Waals surface area contributed by atoms with Crippen molar-refractivity contribution in [1.82, 2.24) is 4.90 Å². The normalized spacial score (nSPS) is 15.8. The van der Waals surface area contributed by atoms with Gasteiger partial charge in [0.2, 0.25) is 0 Å². The third-order valence-corrected chi connectivity index (χ3v) is 4.81. The van der Waals surface area contributed by atoms with E-state index >= 15 is 0 Å². The van der Waals surface area contributed by atoms with Crippen molar-refractivity contribution in [3.05, 3.63) is 95.2 Å². The minimum atomic E-state index is -0.757. The second-order valence-electron chi connectivity index (χ2n) is 6.63. The van der Waals surface area contributed by atoms with Gasteiger partial charge in [0, 0.05) is 13.0 Å². The Balaban J connectivity index is 1.55. The molecule has 5 nitrogen and oxygen atoms in total.